The summed E-state index contributed by atoms with van der Waals surface area (Å²) in [7, 11) is 0. The van der Waals surface area contributed by atoms with Crippen molar-refractivity contribution in [2.75, 3.05) is 0 Å². The predicted octanol–water partition coefficient (Wildman–Crippen LogP) is 5.38. The highest BCUT2D eigenvalue weighted by Gasteiger charge is 2.33. The first kappa shape index (κ1) is 18.3. The zero-order chi connectivity index (χ0) is 19.0. The fourth-order valence-corrected chi connectivity index (χ4v) is 4.53. The van der Waals surface area contributed by atoms with Gasteiger partial charge in [0, 0.05) is 22.7 Å². The van der Waals surface area contributed by atoms with Gasteiger partial charge in [0.15, 0.2) is 5.78 Å². The number of carbonyl (C=O) groups is 2. The smallest absolute Gasteiger partial charge is 0.355 e. The summed E-state index contributed by atoms with van der Waals surface area (Å²) in [5, 5.41) is 0.685. The van der Waals surface area contributed by atoms with Crippen LogP contribution >= 0.6 is 11.6 Å². The summed E-state index contributed by atoms with van der Waals surface area (Å²) in [5.74, 6) is -0.145. The number of fused-ring (bicyclic) bond motifs is 1. The third kappa shape index (κ3) is 3.68. The molecule has 4 nitrogen and oxygen atoms in total. The van der Waals surface area contributed by atoms with Gasteiger partial charge in [0.1, 0.15) is 11.8 Å². The largest absolute Gasteiger partial charge is 0.458 e. The van der Waals surface area contributed by atoms with E-state index in [1.54, 1.807) is 0 Å². The summed E-state index contributed by atoms with van der Waals surface area (Å²) in [5.41, 5.74) is 3.79. The zero-order valence-electron chi connectivity index (χ0n) is 15.5. The van der Waals surface area contributed by atoms with Gasteiger partial charge in [-0.1, -0.05) is 30.2 Å². The third-order valence-corrected chi connectivity index (χ3v) is 6.11. The molecule has 1 N–H and O–H groups in total. The van der Waals surface area contributed by atoms with Crippen molar-refractivity contribution < 1.29 is 14.3 Å². The first-order chi connectivity index (χ1) is 13.0. The minimum atomic E-state index is -0.329. The highest BCUT2D eigenvalue weighted by molar-refractivity contribution is 6.30. The summed E-state index contributed by atoms with van der Waals surface area (Å²) in [4.78, 5) is 28.7. The Bertz CT molecular complexity index is 862. The summed E-state index contributed by atoms with van der Waals surface area (Å²) < 4.78 is 5.70. The van der Waals surface area contributed by atoms with Crippen LogP contribution in [0.1, 0.15) is 82.1 Å². The molecule has 27 heavy (non-hydrogen) atoms. The van der Waals surface area contributed by atoms with Crippen LogP contribution in [0.2, 0.25) is 5.02 Å². The van der Waals surface area contributed by atoms with E-state index in [2.05, 4.69) is 4.98 Å². The highest BCUT2D eigenvalue weighted by Crippen LogP contribution is 2.35. The maximum atomic E-state index is 12.8. The van der Waals surface area contributed by atoms with E-state index in [9.17, 15) is 9.59 Å². The van der Waals surface area contributed by atoms with E-state index in [1.165, 1.54) is 6.42 Å². The number of rotatable bonds is 3. The second kappa shape index (κ2) is 7.51. The maximum absolute atomic E-state index is 12.8. The van der Waals surface area contributed by atoms with Gasteiger partial charge in [-0.05, 0) is 68.2 Å². The van der Waals surface area contributed by atoms with Crippen LogP contribution in [-0.4, -0.2) is 22.8 Å². The topological polar surface area (TPSA) is 59.2 Å². The van der Waals surface area contributed by atoms with E-state index >= 15 is 0 Å². The minimum absolute atomic E-state index is 0.00324. The number of hydrogen-bond acceptors (Lipinski definition) is 3. The molecule has 1 unspecified atom stereocenters. The molecule has 0 radical (unpaired) electrons. The van der Waals surface area contributed by atoms with Gasteiger partial charge in [-0.3, -0.25) is 4.79 Å². The fraction of sp³-hybridized carbons (Fsp3) is 0.455. The molecule has 0 spiro atoms. The molecule has 2 aromatic rings. The van der Waals surface area contributed by atoms with Crippen LogP contribution in [0.25, 0.3) is 0 Å². The maximum Gasteiger partial charge on any atom is 0.355 e. The number of benzene rings is 1. The van der Waals surface area contributed by atoms with Crippen molar-refractivity contribution in [3.05, 3.63) is 57.4 Å². The molecule has 0 saturated heterocycles. The van der Waals surface area contributed by atoms with Crippen molar-refractivity contribution >= 4 is 23.4 Å². The van der Waals surface area contributed by atoms with E-state index in [4.69, 9.17) is 16.3 Å². The van der Waals surface area contributed by atoms with E-state index in [0.29, 0.717) is 29.1 Å². The molecule has 4 rings (SSSR count). The number of aromatic amines is 1. The molecule has 0 aliphatic heterocycles. The number of ketones is 1. The molecule has 0 amide bonds. The molecular formula is C22H24ClNO3. The van der Waals surface area contributed by atoms with Gasteiger partial charge in [0.25, 0.3) is 0 Å². The Morgan fingerprint density at radius 1 is 1.11 bits per heavy atom. The molecule has 1 aromatic carbocycles. The lowest BCUT2D eigenvalue weighted by Crippen LogP contribution is -2.21. The Morgan fingerprint density at radius 3 is 2.52 bits per heavy atom. The second-order valence-corrected chi connectivity index (χ2v) is 8.16. The van der Waals surface area contributed by atoms with Gasteiger partial charge >= 0.3 is 5.97 Å². The SMILES string of the molecule is Cc1c(C(=O)OC2CCCCC2)[nH]c2c1C(=O)CC(c1ccc(Cl)cc1)C2. The van der Waals surface area contributed by atoms with E-state index in [1.807, 2.05) is 31.2 Å². The highest BCUT2D eigenvalue weighted by atomic mass is 35.5. The number of carbonyl (C=O) groups excluding carboxylic acids is 2. The number of H-pyrrole nitrogens is 1. The van der Waals surface area contributed by atoms with Crippen molar-refractivity contribution in [1.29, 1.82) is 0 Å². The van der Waals surface area contributed by atoms with Crippen LogP contribution in [0.5, 0.6) is 0 Å². The lowest BCUT2D eigenvalue weighted by molar-refractivity contribution is 0.0204. The van der Waals surface area contributed by atoms with Crippen LogP contribution in [0.3, 0.4) is 0 Å². The van der Waals surface area contributed by atoms with Gasteiger partial charge in [-0.15, -0.1) is 0 Å². The minimum Gasteiger partial charge on any atom is -0.458 e. The van der Waals surface area contributed by atoms with Crippen LogP contribution in [0.4, 0.5) is 0 Å². The van der Waals surface area contributed by atoms with Gasteiger partial charge in [0.05, 0.1) is 0 Å². The number of ether oxygens (including phenoxy) is 1. The molecule has 2 aliphatic rings. The van der Waals surface area contributed by atoms with E-state index in [0.717, 1.165) is 42.5 Å². The fourth-order valence-electron chi connectivity index (χ4n) is 4.40. The monoisotopic (exact) mass is 385 g/mol. The predicted molar refractivity (Wildman–Crippen MR) is 105 cm³/mol. The van der Waals surface area contributed by atoms with Crippen molar-refractivity contribution in [3.63, 3.8) is 0 Å². The van der Waals surface area contributed by atoms with Crippen LogP contribution in [0.15, 0.2) is 24.3 Å². The average molecular weight is 386 g/mol. The Hall–Kier alpha value is -2.07. The van der Waals surface area contributed by atoms with E-state index < -0.39 is 0 Å². The van der Waals surface area contributed by atoms with Crippen molar-refractivity contribution in [1.82, 2.24) is 4.98 Å². The quantitative estimate of drug-likeness (QED) is 0.721. The van der Waals surface area contributed by atoms with Crippen molar-refractivity contribution in [2.24, 2.45) is 0 Å². The standard InChI is InChI=1S/C22H24ClNO3/c1-13-20-18(24-21(13)22(26)27-17-5-3-2-4-6-17)11-15(12-19(20)25)14-7-9-16(23)10-8-14/h7-10,15,17,24H,2-6,11-12H2,1H3. The van der Waals surface area contributed by atoms with Gasteiger partial charge in [-0.25, -0.2) is 4.79 Å². The molecule has 1 saturated carbocycles. The number of Topliss-reactive ketones (excluding diaryl/α,β-unsaturated/α-hetero) is 1. The molecule has 5 heteroatoms. The van der Waals surface area contributed by atoms with Gasteiger partial charge in [-0.2, -0.15) is 0 Å². The molecule has 0 bridgehead atoms. The first-order valence-corrected chi connectivity index (χ1v) is 10.1. The average Bonchev–Trinajstić information content (AvgIpc) is 3.00. The molecule has 1 atom stereocenters. The zero-order valence-corrected chi connectivity index (χ0v) is 16.3. The number of esters is 1. The van der Waals surface area contributed by atoms with Gasteiger partial charge < -0.3 is 9.72 Å². The Labute approximate surface area is 164 Å². The van der Waals surface area contributed by atoms with Crippen LogP contribution in [0, 0.1) is 6.92 Å². The first-order valence-electron chi connectivity index (χ1n) is 9.74. The summed E-state index contributed by atoms with van der Waals surface area (Å²) in [6, 6.07) is 7.65. The summed E-state index contributed by atoms with van der Waals surface area (Å²) in [6.07, 6.45) is 6.46. The molecule has 1 heterocycles. The summed E-state index contributed by atoms with van der Waals surface area (Å²) in [6.45, 7) is 1.84. The van der Waals surface area contributed by atoms with Crippen molar-refractivity contribution in [2.45, 2.75) is 63.9 Å². The van der Waals surface area contributed by atoms with Crippen LogP contribution in [-0.2, 0) is 11.2 Å². The summed E-state index contributed by atoms with van der Waals surface area (Å²) >= 11 is 5.97. The number of hydrogen-bond donors (Lipinski definition) is 1. The van der Waals surface area contributed by atoms with Crippen molar-refractivity contribution in [3.8, 4) is 0 Å². The number of nitrogens with one attached hydrogen (secondary N) is 1. The number of halogens is 1. The molecular weight excluding hydrogens is 362 g/mol. The van der Waals surface area contributed by atoms with Gasteiger partial charge in [0.2, 0.25) is 0 Å². The Kier molecular flexibility index (Phi) is 5.09. The van der Waals surface area contributed by atoms with Crippen LogP contribution < -0.4 is 0 Å². The lowest BCUT2D eigenvalue weighted by Gasteiger charge is -2.22. The normalized spacial score (nSPS) is 20.4. The van der Waals surface area contributed by atoms with E-state index in [-0.39, 0.29) is 23.8 Å². The molecule has 2 aliphatic carbocycles. The lowest BCUT2D eigenvalue weighted by atomic mass is 9.81. The Balaban J connectivity index is 1.56. The second-order valence-electron chi connectivity index (χ2n) is 7.72. The Morgan fingerprint density at radius 2 is 1.81 bits per heavy atom. The molecule has 1 aromatic heterocycles. The number of aromatic nitrogens is 1. The third-order valence-electron chi connectivity index (χ3n) is 5.86. The molecule has 142 valence electrons. The molecule has 1 fully saturated rings.